The third-order valence-electron chi connectivity index (χ3n) is 2.93. The highest BCUT2D eigenvalue weighted by molar-refractivity contribution is 9.10. The number of carbonyl (C=O) groups excluding carboxylic acids is 1. The van der Waals surface area contributed by atoms with Gasteiger partial charge >= 0.3 is 0 Å². The Hall–Kier alpha value is -1.86. The van der Waals surface area contributed by atoms with Gasteiger partial charge in [0.1, 0.15) is 11.4 Å². The highest BCUT2D eigenvalue weighted by atomic mass is 79.9. The molecule has 0 aliphatic carbocycles. The zero-order valence-corrected chi connectivity index (χ0v) is 13.6. The van der Waals surface area contributed by atoms with Gasteiger partial charge < -0.3 is 8.98 Å². The Balaban J connectivity index is 1.79. The van der Waals surface area contributed by atoms with Crippen LogP contribution in [0.25, 0.3) is 11.5 Å². The van der Waals surface area contributed by atoms with Crippen LogP contribution < -0.4 is 5.32 Å². The third kappa shape index (κ3) is 2.93. The predicted molar refractivity (Wildman–Crippen MR) is 85.6 cm³/mol. The minimum atomic E-state index is -0.178. The predicted octanol–water partition coefficient (Wildman–Crippen LogP) is 4.24. The van der Waals surface area contributed by atoms with Crippen molar-refractivity contribution in [3.05, 3.63) is 46.2 Å². The van der Waals surface area contributed by atoms with Gasteiger partial charge in [0, 0.05) is 22.6 Å². The van der Waals surface area contributed by atoms with E-state index in [1.807, 2.05) is 29.1 Å². The second kappa shape index (κ2) is 5.87. The number of aromatic nitrogens is 2. The van der Waals surface area contributed by atoms with Crippen molar-refractivity contribution in [2.45, 2.75) is 13.5 Å². The van der Waals surface area contributed by atoms with Gasteiger partial charge in [-0.2, -0.15) is 0 Å². The van der Waals surface area contributed by atoms with Gasteiger partial charge in [-0.3, -0.25) is 10.1 Å². The smallest absolute Gasteiger partial charge is 0.274 e. The molecule has 7 heteroatoms. The monoisotopic (exact) mass is 365 g/mol. The van der Waals surface area contributed by atoms with Crippen LogP contribution in [0.4, 0.5) is 5.13 Å². The van der Waals surface area contributed by atoms with E-state index in [9.17, 15) is 4.79 Å². The van der Waals surface area contributed by atoms with Crippen LogP contribution in [-0.2, 0) is 6.54 Å². The Morgan fingerprint density at radius 1 is 1.57 bits per heavy atom. The molecule has 3 aromatic heterocycles. The molecule has 0 unspecified atom stereocenters. The summed E-state index contributed by atoms with van der Waals surface area (Å²) >= 11 is 4.75. The number of furan rings is 1. The number of aryl methyl sites for hydroxylation is 1. The molecule has 3 heterocycles. The SMILES string of the molecule is CCn1cc(Br)cc1C(=O)Nc1nc(-c2ccco2)cs1. The Labute approximate surface area is 133 Å². The van der Waals surface area contributed by atoms with Crippen LogP contribution in [0, 0.1) is 0 Å². The molecule has 3 rings (SSSR count). The summed E-state index contributed by atoms with van der Waals surface area (Å²) in [6.45, 7) is 2.71. The van der Waals surface area contributed by atoms with Crippen molar-refractivity contribution in [1.29, 1.82) is 0 Å². The zero-order valence-electron chi connectivity index (χ0n) is 11.2. The number of anilines is 1. The number of rotatable bonds is 4. The normalized spacial score (nSPS) is 10.8. The van der Waals surface area contributed by atoms with E-state index < -0.39 is 0 Å². The van der Waals surface area contributed by atoms with E-state index in [4.69, 9.17) is 4.42 Å². The summed E-state index contributed by atoms with van der Waals surface area (Å²) in [7, 11) is 0. The first-order valence-corrected chi connectivity index (χ1v) is 8.01. The number of hydrogen-bond donors (Lipinski definition) is 1. The summed E-state index contributed by atoms with van der Waals surface area (Å²) in [5, 5.41) is 5.21. The van der Waals surface area contributed by atoms with Gasteiger partial charge in [0.05, 0.1) is 6.26 Å². The molecule has 0 spiro atoms. The molecule has 3 aromatic rings. The molecular formula is C14H12BrN3O2S. The van der Waals surface area contributed by atoms with E-state index in [0.717, 1.165) is 11.0 Å². The van der Waals surface area contributed by atoms with E-state index in [1.54, 1.807) is 18.4 Å². The molecule has 21 heavy (non-hydrogen) atoms. The summed E-state index contributed by atoms with van der Waals surface area (Å²) in [5.41, 5.74) is 1.31. The van der Waals surface area contributed by atoms with Gasteiger partial charge in [-0.25, -0.2) is 4.98 Å². The summed E-state index contributed by atoms with van der Waals surface area (Å²) in [6.07, 6.45) is 3.48. The standard InChI is InChI=1S/C14H12BrN3O2S/c1-2-18-7-9(15)6-11(18)13(19)17-14-16-10(8-21-14)12-4-3-5-20-12/h3-8H,2H2,1H3,(H,16,17,19). The minimum absolute atomic E-state index is 0.178. The Kier molecular flexibility index (Phi) is 3.94. The molecule has 1 amide bonds. The quantitative estimate of drug-likeness (QED) is 0.751. The lowest BCUT2D eigenvalue weighted by atomic mass is 10.4. The van der Waals surface area contributed by atoms with Crippen LogP contribution in [0.3, 0.4) is 0 Å². The molecule has 0 aliphatic heterocycles. The lowest BCUT2D eigenvalue weighted by Gasteiger charge is -2.05. The van der Waals surface area contributed by atoms with Gasteiger partial charge in [-0.15, -0.1) is 11.3 Å². The lowest BCUT2D eigenvalue weighted by molar-refractivity contribution is 0.101. The topological polar surface area (TPSA) is 60.1 Å². The summed E-state index contributed by atoms with van der Waals surface area (Å²) in [4.78, 5) is 16.6. The minimum Gasteiger partial charge on any atom is -0.463 e. The second-order valence-electron chi connectivity index (χ2n) is 4.30. The Morgan fingerprint density at radius 2 is 2.43 bits per heavy atom. The number of amides is 1. The number of halogens is 1. The maximum absolute atomic E-state index is 12.3. The van der Waals surface area contributed by atoms with Crippen molar-refractivity contribution in [3.63, 3.8) is 0 Å². The molecule has 0 aromatic carbocycles. The molecule has 0 bridgehead atoms. The molecule has 108 valence electrons. The molecule has 0 atom stereocenters. The van der Waals surface area contributed by atoms with Crippen molar-refractivity contribution in [2.24, 2.45) is 0 Å². The van der Waals surface area contributed by atoms with Crippen LogP contribution in [-0.4, -0.2) is 15.5 Å². The lowest BCUT2D eigenvalue weighted by Crippen LogP contribution is -2.16. The van der Waals surface area contributed by atoms with Gasteiger partial charge in [0.2, 0.25) is 0 Å². The summed E-state index contributed by atoms with van der Waals surface area (Å²) in [5.74, 6) is 0.509. The van der Waals surface area contributed by atoms with E-state index >= 15 is 0 Å². The Morgan fingerprint density at radius 3 is 3.14 bits per heavy atom. The maximum Gasteiger partial charge on any atom is 0.274 e. The third-order valence-corrected chi connectivity index (χ3v) is 4.13. The fourth-order valence-electron chi connectivity index (χ4n) is 1.96. The fraction of sp³-hybridized carbons (Fsp3) is 0.143. The first-order chi connectivity index (χ1) is 10.2. The number of nitrogens with one attached hydrogen (secondary N) is 1. The zero-order chi connectivity index (χ0) is 14.8. The van der Waals surface area contributed by atoms with Crippen LogP contribution in [0.5, 0.6) is 0 Å². The van der Waals surface area contributed by atoms with Crippen molar-refractivity contribution < 1.29 is 9.21 Å². The highest BCUT2D eigenvalue weighted by Crippen LogP contribution is 2.25. The summed E-state index contributed by atoms with van der Waals surface area (Å²) in [6, 6.07) is 5.43. The molecule has 5 nitrogen and oxygen atoms in total. The van der Waals surface area contributed by atoms with Crippen LogP contribution >= 0.6 is 27.3 Å². The molecular weight excluding hydrogens is 354 g/mol. The molecule has 0 radical (unpaired) electrons. The average molecular weight is 366 g/mol. The molecule has 1 N–H and O–H groups in total. The van der Waals surface area contributed by atoms with Crippen molar-refractivity contribution in [3.8, 4) is 11.5 Å². The largest absolute Gasteiger partial charge is 0.463 e. The first kappa shape index (κ1) is 14.1. The van der Waals surface area contributed by atoms with E-state index in [1.165, 1.54) is 11.3 Å². The van der Waals surface area contributed by atoms with Crippen LogP contribution in [0.1, 0.15) is 17.4 Å². The van der Waals surface area contributed by atoms with Gasteiger partial charge in [-0.1, -0.05) is 0 Å². The first-order valence-electron chi connectivity index (χ1n) is 6.34. The number of thiazole rings is 1. The van der Waals surface area contributed by atoms with E-state index in [2.05, 4.69) is 26.2 Å². The van der Waals surface area contributed by atoms with Crippen LogP contribution in [0.2, 0.25) is 0 Å². The van der Waals surface area contributed by atoms with Crippen molar-refractivity contribution in [1.82, 2.24) is 9.55 Å². The highest BCUT2D eigenvalue weighted by Gasteiger charge is 2.15. The Bertz CT molecular complexity index is 761. The van der Waals surface area contributed by atoms with Gasteiger partial charge in [0.25, 0.3) is 5.91 Å². The fourth-order valence-corrected chi connectivity index (χ4v) is 3.12. The maximum atomic E-state index is 12.3. The van der Waals surface area contributed by atoms with Gasteiger partial charge in [-0.05, 0) is 41.1 Å². The average Bonchev–Trinajstić information content (AvgIpc) is 3.16. The van der Waals surface area contributed by atoms with Crippen molar-refractivity contribution in [2.75, 3.05) is 5.32 Å². The second-order valence-corrected chi connectivity index (χ2v) is 6.07. The molecule has 0 saturated heterocycles. The molecule has 0 aliphatic rings. The summed E-state index contributed by atoms with van der Waals surface area (Å²) < 4.78 is 8.04. The van der Waals surface area contributed by atoms with E-state index in [-0.39, 0.29) is 5.91 Å². The van der Waals surface area contributed by atoms with E-state index in [0.29, 0.717) is 22.3 Å². The molecule has 0 saturated carbocycles. The van der Waals surface area contributed by atoms with Crippen molar-refractivity contribution >= 4 is 38.3 Å². The number of nitrogens with zero attached hydrogens (tertiary/aromatic N) is 2. The number of carbonyl (C=O) groups is 1. The molecule has 0 fully saturated rings. The number of hydrogen-bond acceptors (Lipinski definition) is 4. The van der Waals surface area contributed by atoms with Gasteiger partial charge in [0.15, 0.2) is 10.9 Å². The van der Waals surface area contributed by atoms with Crippen LogP contribution in [0.15, 0.2) is 44.9 Å².